The molecule has 0 aliphatic carbocycles. The Bertz CT molecular complexity index is 975. The van der Waals surface area contributed by atoms with E-state index >= 15 is 0 Å². The summed E-state index contributed by atoms with van der Waals surface area (Å²) in [6.45, 7) is 4.47. The van der Waals surface area contributed by atoms with Gasteiger partial charge in [0.2, 0.25) is 0 Å². The largest absolute Gasteiger partial charge is 0.477 e. The quantitative estimate of drug-likeness (QED) is 0.0258. The van der Waals surface area contributed by atoms with E-state index in [0.29, 0.717) is 19.3 Å². The highest BCUT2D eigenvalue weighted by Gasteiger charge is 2.31. The predicted molar refractivity (Wildman–Crippen MR) is 197 cm³/mol. The number of carbonyl (C=O) groups excluding carboxylic acids is 2. The van der Waals surface area contributed by atoms with E-state index in [4.69, 9.17) is 14.2 Å². The normalized spacial score (nSPS) is 13.8. The molecule has 0 heterocycles. The lowest BCUT2D eigenvalue weighted by Crippen LogP contribution is -2.50. The smallest absolute Gasteiger partial charge is 0.362 e. The summed E-state index contributed by atoms with van der Waals surface area (Å²) in [6.07, 6.45) is 35.6. The fraction of sp³-hybridized carbons (Fsp3) is 0.675. The van der Waals surface area contributed by atoms with E-state index in [1.165, 1.54) is 25.7 Å². The monoisotopic (exact) mass is 674 g/mol. The highest BCUT2D eigenvalue weighted by atomic mass is 16.6. The van der Waals surface area contributed by atoms with Gasteiger partial charge in [-0.1, -0.05) is 113 Å². The molecule has 0 aliphatic heterocycles. The zero-order valence-electron chi connectivity index (χ0n) is 30.9. The highest BCUT2D eigenvalue weighted by Crippen LogP contribution is 2.11. The van der Waals surface area contributed by atoms with Crippen LogP contribution in [0.2, 0.25) is 0 Å². The first kappa shape index (κ1) is 45.0. The zero-order chi connectivity index (χ0) is 35.7. The van der Waals surface area contributed by atoms with E-state index in [0.717, 1.165) is 57.8 Å². The topological polar surface area (TPSA) is 99.1 Å². The summed E-state index contributed by atoms with van der Waals surface area (Å²) in [5.41, 5.74) is 0. The third-order valence-corrected chi connectivity index (χ3v) is 7.75. The summed E-state index contributed by atoms with van der Waals surface area (Å²) in [7, 11) is 5.49. The standard InChI is InChI=1S/C40H67NO7/c1-6-8-10-12-14-16-17-18-19-20-21-23-24-26-28-30-38(42)47-35-36(34-46-33-32-37(40(44)45)41(3,4)5)48-39(43)31-29-27-25-22-15-13-11-9-7-2/h8,10,12,14,16-19,22,25,36-37H,6-7,9,11,13,15,20-21,23-24,26-35H2,1-5H3/p+1/b10-8+,14-12+,17-16+,19-18+,25-22+. The number of aliphatic carboxylic acids is 1. The molecule has 8 heteroatoms. The van der Waals surface area contributed by atoms with Crippen LogP contribution in [0.25, 0.3) is 0 Å². The third kappa shape index (κ3) is 29.2. The Balaban J connectivity index is 4.50. The van der Waals surface area contributed by atoms with E-state index < -0.39 is 18.1 Å². The van der Waals surface area contributed by atoms with E-state index in [1.54, 1.807) is 0 Å². The second-order valence-electron chi connectivity index (χ2n) is 13.2. The fourth-order valence-corrected chi connectivity index (χ4v) is 4.87. The lowest BCUT2D eigenvalue weighted by molar-refractivity contribution is -0.887. The number of carbonyl (C=O) groups is 3. The maximum absolute atomic E-state index is 12.6. The molecule has 1 N–H and O–H groups in total. The molecule has 0 fully saturated rings. The van der Waals surface area contributed by atoms with Gasteiger partial charge in [-0.2, -0.15) is 0 Å². The number of rotatable bonds is 31. The number of ether oxygens (including phenoxy) is 3. The maximum Gasteiger partial charge on any atom is 0.362 e. The molecule has 0 saturated carbocycles. The van der Waals surface area contributed by atoms with E-state index in [1.807, 2.05) is 51.5 Å². The summed E-state index contributed by atoms with van der Waals surface area (Å²) in [4.78, 5) is 36.6. The Morgan fingerprint density at radius 3 is 1.85 bits per heavy atom. The number of hydrogen-bond donors (Lipinski definition) is 1. The van der Waals surface area contributed by atoms with Crippen LogP contribution in [-0.2, 0) is 28.6 Å². The number of carboxylic acids is 1. The number of allylic oxidation sites excluding steroid dienone is 10. The van der Waals surface area contributed by atoms with Crippen molar-refractivity contribution in [3.8, 4) is 0 Å². The average molecular weight is 675 g/mol. The van der Waals surface area contributed by atoms with Gasteiger partial charge in [-0.15, -0.1) is 0 Å². The Hall–Kier alpha value is -2.97. The van der Waals surface area contributed by atoms with Gasteiger partial charge in [-0.25, -0.2) is 4.79 Å². The summed E-state index contributed by atoms with van der Waals surface area (Å²) in [5.74, 6) is -1.56. The molecule has 0 aromatic rings. The van der Waals surface area contributed by atoms with Gasteiger partial charge in [0, 0.05) is 19.3 Å². The second-order valence-corrected chi connectivity index (χ2v) is 13.2. The molecule has 0 spiro atoms. The Morgan fingerprint density at radius 1 is 0.646 bits per heavy atom. The van der Waals surface area contributed by atoms with Crippen LogP contribution in [0.5, 0.6) is 0 Å². The summed E-state index contributed by atoms with van der Waals surface area (Å²) >= 11 is 0. The number of hydrogen-bond acceptors (Lipinski definition) is 6. The fourth-order valence-electron chi connectivity index (χ4n) is 4.87. The van der Waals surface area contributed by atoms with Crippen LogP contribution in [0.15, 0.2) is 60.8 Å². The minimum atomic E-state index is -0.887. The molecule has 0 rings (SSSR count). The van der Waals surface area contributed by atoms with Crippen LogP contribution in [0.4, 0.5) is 0 Å². The van der Waals surface area contributed by atoms with Gasteiger partial charge in [0.1, 0.15) is 6.61 Å². The molecule has 48 heavy (non-hydrogen) atoms. The van der Waals surface area contributed by atoms with Crippen LogP contribution >= 0.6 is 0 Å². The lowest BCUT2D eigenvalue weighted by atomic mass is 10.1. The highest BCUT2D eigenvalue weighted by molar-refractivity contribution is 5.72. The van der Waals surface area contributed by atoms with Crippen LogP contribution < -0.4 is 0 Å². The summed E-state index contributed by atoms with van der Waals surface area (Å²) < 4.78 is 17.1. The van der Waals surface area contributed by atoms with Crippen LogP contribution in [-0.4, -0.2) is 80.6 Å². The van der Waals surface area contributed by atoms with Gasteiger partial charge < -0.3 is 23.8 Å². The number of likely N-dealkylation sites (N-methyl/N-ethyl adjacent to an activating group) is 1. The summed E-state index contributed by atoms with van der Waals surface area (Å²) in [5, 5.41) is 9.56. The average Bonchev–Trinajstić information content (AvgIpc) is 3.03. The van der Waals surface area contributed by atoms with Crippen LogP contribution in [0.3, 0.4) is 0 Å². The summed E-state index contributed by atoms with van der Waals surface area (Å²) in [6, 6.07) is -0.622. The molecule has 0 saturated heterocycles. The molecule has 8 nitrogen and oxygen atoms in total. The Kier molecular flexibility index (Phi) is 29.4. The van der Waals surface area contributed by atoms with Crippen molar-refractivity contribution in [1.29, 1.82) is 0 Å². The van der Waals surface area contributed by atoms with Gasteiger partial charge >= 0.3 is 17.9 Å². The van der Waals surface area contributed by atoms with E-state index in [2.05, 4.69) is 44.2 Å². The second kappa shape index (κ2) is 31.3. The molecule has 274 valence electrons. The number of esters is 2. The molecule has 0 amide bonds. The molecular formula is C40H68NO7+. The lowest BCUT2D eigenvalue weighted by Gasteiger charge is -2.31. The maximum atomic E-state index is 12.6. The first-order valence-corrected chi connectivity index (χ1v) is 18.4. The molecule has 0 aliphatic rings. The predicted octanol–water partition coefficient (Wildman–Crippen LogP) is 9.07. The first-order chi connectivity index (χ1) is 23.1. The Morgan fingerprint density at radius 2 is 1.21 bits per heavy atom. The molecule has 0 aromatic carbocycles. The number of nitrogens with zero attached hydrogens (tertiary/aromatic N) is 1. The molecule has 0 radical (unpaired) electrons. The van der Waals surface area contributed by atoms with Crippen molar-refractivity contribution in [3.05, 3.63) is 60.8 Å². The van der Waals surface area contributed by atoms with Crippen molar-refractivity contribution < 1.29 is 38.2 Å². The van der Waals surface area contributed by atoms with Gasteiger partial charge in [-0.05, 0) is 51.4 Å². The van der Waals surface area contributed by atoms with Crippen molar-refractivity contribution in [2.45, 2.75) is 135 Å². The van der Waals surface area contributed by atoms with Crippen molar-refractivity contribution in [1.82, 2.24) is 0 Å². The molecule has 0 aromatic heterocycles. The van der Waals surface area contributed by atoms with Crippen molar-refractivity contribution >= 4 is 17.9 Å². The first-order valence-electron chi connectivity index (χ1n) is 18.4. The van der Waals surface area contributed by atoms with Gasteiger partial charge in [0.15, 0.2) is 12.1 Å². The Labute approximate surface area is 292 Å². The number of quaternary nitrogens is 1. The van der Waals surface area contributed by atoms with Gasteiger partial charge in [0.05, 0.1) is 34.4 Å². The zero-order valence-corrected chi connectivity index (χ0v) is 30.9. The minimum Gasteiger partial charge on any atom is -0.477 e. The molecule has 2 unspecified atom stereocenters. The third-order valence-electron chi connectivity index (χ3n) is 7.75. The number of unbranched alkanes of at least 4 members (excludes halogenated alkanes) is 10. The van der Waals surface area contributed by atoms with Gasteiger partial charge in [0.25, 0.3) is 0 Å². The van der Waals surface area contributed by atoms with Crippen LogP contribution in [0, 0.1) is 0 Å². The van der Waals surface area contributed by atoms with Crippen LogP contribution in [0.1, 0.15) is 123 Å². The SMILES string of the molecule is CC/C=C/C=C/C=C/C=C/CCCCCCCC(=O)OCC(COCCC(C(=O)O)[N+](C)(C)C)OC(=O)CCC/C=C/CCCCCC. The molecule has 2 atom stereocenters. The van der Waals surface area contributed by atoms with E-state index in [-0.39, 0.29) is 42.7 Å². The minimum absolute atomic E-state index is 0.0391. The van der Waals surface area contributed by atoms with Crippen molar-refractivity contribution in [3.63, 3.8) is 0 Å². The molecule has 0 bridgehead atoms. The van der Waals surface area contributed by atoms with Gasteiger partial charge in [-0.3, -0.25) is 9.59 Å². The van der Waals surface area contributed by atoms with Crippen molar-refractivity contribution in [2.24, 2.45) is 0 Å². The molecular weight excluding hydrogens is 606 g/mol. The van der Waals surface area contributed by atoms with E-state index in [9.17, 15) is 19.5 Å². The number of carboxylic acid groups (broad SMARTS) is 1. The van der Waals surface area contributed by atoms with Crippen molar-refractivity contribution in [2.75, 3.05) is 41.0 Å².